The molecule has 0 amide bonds. The van der Waals surface area contributed by atoms with Gasteiger partial charge in [0.05, 0.1) is 24.1 Å². The van der Waals surface area contributed by atoms with Crippen LogP contribution in [0.1, 0.15) is 61.6 Å². The van der Waals surface area contributed by atoms with Gasteiger partial charge in [0.25, 0.3) is 0 Å². The van der Waals surface area contributed by atoms with Crippen molar-refractivity contribution in [2.75, 3.05) is 6.61 Å². The van der Waals surface area contributed by atoms with Gasteiger partial charge in [-0.05, 0) is 36.2 Å². The van der Waals surface area contributed by atoms with Gasteiger partial charge in [0.2, 0.25) is 5.89 Å². The smallest absolute Gasteiger partial charge is 0.308 e. The quantitative estimate of drug-likeness (QED) is 0.445. The van der Waals surface area contributed by atoms with Gasteiger partial charge in [0.15, 0.2) is 0 Å². The lowest BCUT2D eigenvalue weighted by atomic mass is 9.86. The van der Waals surface area contributed by atoms with Crippen molar-refractivity contribution in [3.63, 3.8) is 0 Å². The lowest BCUT2D eigenvalue weighted by Gasteiger charge is -2.17. The SMILES string of the molecule is CCC(C(=O)O)C1C#Cc2cc(OCCc3nc(-c4ccccc4)oc3C(C)C)ccc21. The van der Waals surface area contributed by atoms with Gasteiger partial charge in [-0.1, -0.05) is 56.9 Å². The Morgan fingerprint density at radius 3 is 2.69 bits per heavy atom. The van der Waals surface area contributed by atoms with Gasteiger partial charge in [-0.2, -0.15) is 0 Å². The number of carboxylic acids is 1. The Balaban J connectivity index is 1.44. The molecule has 0 radical (unpaired) electrons. The maximum absolute atomic E-state index is 11.5. The molecule has 0 saturated heterocycles. The van der Waals surface area contributed by atoms with E-state index in [1.807, 2.05) is 55.5 Å². The Hall–Kier alpha value is -3.52. The molecule has 3 aromatic rings. The van der Waals surface area contributed by atoms with E-state index < -0.39 is 11.9 Å². The highest BCUT2D eigenvalue weighted by Gasteiger charge is 2.30. The second-order valence-electron chi connectivity index (χ2n) is 8.30. The summed E-state index contributed by atoms with van der Waals surface area (Å²) < 4.78 is 12.0. The second-order valence-corrected chi connectivity index (χ2v) is 8.30. The molecular formula is C27H27NO4. The molecule has 1 heterocycles. The van der Waals surface area contributed by atoms with Gasteiger partial charge >= 0.3 is 5.97 Å². The van der Waals surface area contributed by atoms with Crippen LogP contribution in [-0.2, 0) is 11.2 Å². The summed E-state index contributed by atoms with van der Waals surface area (Å²) in [5, 5.41) is 9.47. The molecule has 4 rings (SSSR count). The molecule has 2 aromatic carbocycles. The highest BCUT2D eigenvalue weighted by molar-refractivity contribution is 5.74. The first kappa shape index (κ1) is 21.7. The van der Waals surface area contributed by atoms with Crippen molar-refractivity contribution in [2.24, 2.45) is 5.92 Å². The van der Waals surface area contributed by atoms with Crippen LogP contribution in [-0.4, -0.2) is 22.7 Å². The number of aromatic nitrogens is 1. The third-order valence-corrected chi connectivity index (χ3v) is 5.76. The topological polar surface area (TPSA) is 72.6 Å². The Morgan fingerprint density at radius 2 is 2.00 bits per heavy atom. The molecule has 0 bridgehead atoms. The number of nitrogens with zero attached hydrogens (tertiary/aromatic N) is 1. The molecular weight excluding hydrogens is 402 g/mol. The summed E-state index contributed by atoms with van der Waals surface area (Å²) in [4.78, 5) is 16.3. The number of carboxylic acid groups (broad SMARTS) is 1. The van der Waals surface area contributed by atoms with Gasteiger partial charge in [-0.25, -0.2) is 4.98 Å². The van der Waals surface area contributed by atoms with E-state index in [9.17, 15) is 9.90 Å². The first-order valence-electron chi connectivity index (χ1n) is 11.0. The van der Waals surface area contributed by atoms with Crippen LogP contribution in [0.4, 0.5) is 0 Å². The molecule has 1 N–H and O–H groups in total. The standard InChI is InChI=1S/C27H27NO4/c1-4-21(27(29)30)23-12-10-19-16-20(11-13-22(19)23)31-15-14-24-25(17(2)3)32-26(28-24)18-8-6-5-7-9-18/h5-9,11,13,16-17,21,23H,4,14-15H2,1-3H3,(H,29,30). The number of oxazole rings is 1. The van der Waals surface area contributed by atoms with E-state index in [2.05, 4.69) is 25.7 Å². The Bertz CT molecular complexity index is 1170. The van der Waals surface area contributed by atoms with Crippen LogP contribution in [0.15, 0.2) is 52.9 Å². The van der Waals surface area contributed by atoms with Crippen molar-refractivity contribution in [1.82, 2.24) is 4.98 Å². The van der Waals surface area contributed by atoms with E-state index in [1.165, 1.54) is 0 Å². The van der Waals surface area contributed by atoms with Crippen molar-refractivity contribution in [3.05, 3.63) is 71.1 Å². The normalized spacial score (nSPS) is 15.2. The Labute approximate surface area is 188 Å². The van der Waals surface area contributed by atoms with Gasteiger partial charge in [0, 0.05) is 23.5 Å². The van der Waals surface area contributed by atoms with E-state index in [0.717, 1.165) is 33.9 Å². The summed E-state index contributed by atoms with van der Waals surface area (Å²) in [5.41, 5.74) is 3.66. The molecule has 0 saturated carbocycles. The van der Waals surface area contributed by atoms with Gasteiger partial charge in [-0.3, -0.25) is 4.79 Å². The fourth-order valence-corrected chi connectivity index (χ4v) is 4.07. The number of aliphatic carboxylic acids is 1. The molecule has 164 valence electrons. The number of benzene rings is 2. The molecule has 0 fully saturated rings. The zero-order valence-corrected chi connectivity index (χ0v) is 18.6. The monoisotopic (exact) mass is 429 g/mol. The minimum Gasteiger partial charge on any atom is -0.493 e. The summed E-state index contributed by atoms with van der Waals surface area (Å²) in [6.07, 6.45) is 1.18. The molecule has 1 aromatic heterocycles. The maximum atomic E-state index is 11.5. The molecule has 0 aliphatic heterocycles. The summed E-state index contributed by atoms with van der Waals surface area (Å²) >= 11 is 0. The second kappa shape index (κ2) is 9.32. The van der Waals surface area contributed by atoms with Gasteiger partial charge in [0.1, 0.15) is 11.5 Å². The molecule has 2 unspecified atom stereocenters. The van der Waals surface area contributed by atoms with Crippen molar-refractivity contribution >= 4 is 5.97 Å². The van der Waals surface area contributed by atoms with Crippen LogP contribution in [0.2, 0.25) is 0 Å². The third-order valence-electron chi connectivity index (χ3n) is 5.76. The lowest BCUT2D eigenvalue weighted by molar-refractivity contribution is -0.142. The predicted octanol–water partition coefficient (Wildman–Crippen LogP) is 5.65. The van der Waals surface area contributed by atoms with E-state index in [0.29, 0.717) is 25.3 Å². The number of hydrogen-bond acceptors (Lipinski definition) is 4. The Morgan fingerprint density at radius 1 is 1.22 bits per heavy atom. The molecule has 1 aliphatic carbocycles. The number of hydrogen-bond donors (Lipinski definition) is 1. The molecule has 32 heavy (non-hydrogen) atoms. The molecule has 2 atom stereocenters. The number of ether oxygens (including phenoxy) is 1. The third kappa shape index (κ3) is 4.40. The minimum atomic E-state index is -0.802. The Kier molecular flexibility index (Phi) is 6.32. The van der Waals surface area contributed by atoms with E-state index in [4.69, 9.17) is 14.1 Å². The summed E-state index contributed by atoms with van der Waals surface area (Å²) in [7, 11) is 0. The van der Waals surface area contributed by atoms with Crippen molar-refractivity contribution in [3.8, 4) is 29.0 Å². The summed E-state index contributed by atoms with van der Waals surface area (Å²) in [5.74, 6) is 7.09. The lowest BCUT2D eigenvalue weighted by Crippen LogP contribution is -2.19. The number of rotatable bonds is 9. The van der Waals surface area contributed by atoms with Crippen molar-refractivity contribution in [2.45, 2.75) is 45.4 Å². The van der Waals surface area contributed by atoms with Gasteiger partial charge in [-0.15, -0.1) is 0 Å². The van der Waals surface area contributed by atoms with Crippen molar-refractivity contribution in [1.29, 1.82) is 0 Å². The largest absolute Gasteiger partial charge is 0.493 e. The highest BCUT2D eigenvalue weighted by atomic mass is 16.5. The van der Waals surface area contributed by atoms with Crippen LogP contribution in [0.5, 0.6) is 5.75 Å². The average Bonchev–Trinajstić information content (AvgIpc) is 3.39. The molecule has 0 spiro atoms. The van der Waals surface area contributed by atoms with Crippen LogP contribution in [0.25, 0.3) is 11.5 Å². The first-order valence-corrected chi connectivity index (χ1v) is 11.0. The fraction of sp³-hybridized carbons (Fsp3) is 0.333. The zero-order chi connectivity index (χ0) is 22.7. The van der Waals surface area contributed by atoms with E-state index in [1.54, 1.807) is 0 Å². The van der Waals surface area contributed by atoms with Crippen LogP contribution < -0.4 is 4.74 Å². The molecule has 1 aliphatic rings. The summed E-state index contributed by atoms with van der Waals surface area (Å²) in [6.45, 7) is 6.53. The molecule has 5 heteroatoms. The zero-order valence-electron chi connectivity index (χ0n) is 18.6. The van der Waals surface area contributed by atoms with E-state index in [-0.39, 0.29) is 11.8 Å². The van der Waals surface area contributed by atoms with Gasteiger partial charge < -0.3 is 14.3 Å². The predicted molar refractivity (Wildman–Crippen MR) is 123 cm³/mol. The number of carbonyl (C=O) groups is 1. The highest BCUT2D eigenvalue weighted by Crippen LogP contribution is 2.35. The summed E-state index contributed by atoms with van der Waals surface area (Å²) in [6, 6.07) is 15.6. The number of fused-ring (bicyclic) bond motifs is 1. The van der Waals surface area contributed by atoms with E-state index >= 15 is 0 Å². The van der Waals surface area contributed by atoms with Crippen molar-refractivity contribution < 1.29 is 19.1 Å². The fourth-order valence-electron chi connectivity index (χ4n) is 4.07. The molecule has 5 nitrogen and oxygen atoms in total. The average molecular weight is 430 g/mol. The van der Waals surface area contributed by atoms with Crippen LogP contribution in [0, 0.1) is 17.8 Å². The van der Waals surface area contributed by atoms with Crippen LogP contribution >= 0.6 is 0 Å². The first-order chi connectivity index (χ1) is 15.5. The minimum absolute atomic E-state index is 0.225. The maximum Gasteiger partial charge on any atom is 0.308 e. The van der Waals surface area contributed by atoms with Crippen LogP contribution in [0.3, 0.4) is 0 Å².